The predicted molar refractivity (Wildman–Crippen MR) is 383 cm³/mol. The first-order valence-electron chi connectivity index (χ1n) is 31.5. The third-order valence-corrected chi connectivity index (χ3v) is 19.7. The standard InChI is InChI=1S/C84H53BN6/c1-2-28-54(29-3-1)86-75-50-24-26-52-77(75)91(78-53-27-25-51-76(78)86)84-82(89-71-46-20-10-36-61(71)62-37-11-21-47-72(62)89)80(87-67-42-16-6-32-57(67)58-33-7-17-43-68(58)87)79(85-65-40-14-4-30-55(65)56-31-5-15-41-66(56)85)81(88-69-44-18-8-34-59(69)60-35-9-19-45-70(60)88)83(84)90-73-48-22-12-38-63(73)64-39-13-23-49-74(64)90/h1-53H. The fourth-order valence-electron chi connectivity index (χ4n) is 16.2. The second kappa shape index (κ2) is 19.2. The van der Waals surface area contributed by atoms with Crippen molar-refractivity contribution in [3.63, 3.8) is 0 Å². The van der Waals surface area contributed by atoms with Gasteiger partial charge in [0, 0.05) is 48.8 Å². The van der Waals surface area contributed by atoms with E-state index in [0.29, 0.717) is 0 Å². The van der Waals surface area contributed by atoms with Gasteiger partial charge in [-0.3, -0.25) is 0 Å². The van der Waals surface area contributed by atoms with Crippen LogP contribution in [0.2, 0.25) is 0 Å². The molecule has 6 nitrogen and oxygen atoms in total. The highest BCUT2D eigenvalue weighted by Gasteiger charge is 2.45. The molecule has 2 aliphatic rings. The number of hydrogen-bond acceptors (Lipinski definition) is 2. The molecule has 0 atom stereocenters. The summed E-state index contributed by atoms with van der Waals surface area (Å²) in [6.45, 7) is -0.320. The SMILES string of the molecule is c1ccc(N2c3ccccc3N(c3c(-n4c5ccccc5c5ccccc54)c(-n4c5ccccc5c5ccccc54)c(B4c5ccccc5-c5ccccc54)c(-n4c5ccccc5c5ccccc54)c3-n3c4ccccc4c4ccccc43)c3ccccc32)cc1. The van der Waals surface area contributed by atoms with E-state index in [-0.39, 0.29) is 6.71 Å². The van der Waals surface area contributed by atoms with Crippen molar-refractivity contribution < 1.29 is 0 Å². The van der Waals surface area contributed by atoms with E-state index in [1.165, 1.54) is 70.6 Å². The van der Waals surface area contributed by atoms with Gasteiger partial charge < -0.3 is 28.1 Å². The smallest absolute Gasteiger partial charge is 0.248 e. The minimum atomic E-state index is -0.320. The van der Waals surface area contributed by atoms with E-state index in [2.05, 4.69) is 350 Å². The van der Waals surface area contributed by atoms with E-state index in [4.69, 9.17) is 0 Å². The summed E-state index contributed by atoms with van der Waals surface area (Å²) < 4.78 is 10.7. The number of hydrogen-bond donors (Lipinski definition) is 0. The zero-order valence-electron chi connectivity index (χ0n) is 49.4. The van der Waals surface area contributed by atoms with Crippen LogP contribution in [0, 0.1) is 0 Å². The van der Waals surface area contributed by atoms with Gasteiger partial charge in [0.1, 0.15) is 0 Å². The summed E-state index contributed by atoms with van der Waals surface area (Å²) in [5, 5.41) is 9.44. The van der Waals surface area contributed by atoms with E-state index in [9.17, 15) is 0 Å². The van der Waals surface area contributed by atoms with Gasteiger partial charge in [-0.2, -0.15) is 0 Å². The molecule has 7 heteroatoms. The Morgan fingerprint density at radius 1 is 0.187 bits per heavy atom. The van der Waals surface area contributed by atoms with Crippen LogP contribution in [0.5, 0.6) is 0 Å². The highest BCUT2D eigenvalue weighted by atomic mass is 15.3. The Kier molecular flexibility index (Phi) is 10.6. The average molecular weight is 1160 g/mol. The first kappa shape index (κ1) is 50.0. The molecule has 0 fully saturated rings. The molecular formula is C84H53BN6. The molecular weight excluding hydrogens is 1100 g/mol. The largest absolute Gasteiger partial charge is 0.307 e. The summed E-state index contributed by atoms with van der Waals surface area (Å²) in [6.07, 6.45) is 0. The lowest BCUT2D eigenvalue weighted by atomic mass is 9.38. The first-order chi connectivity index (χ1) is 45.3. The van der Waals surface area contributed by atoms with E-state index >= 15 is 0 Å². The van der Waals surface area contributed by atoms with Crippen LogP contribution in [0.25, 0.3) is 121 Å². The van der Waals surface area contributed by atoms with Gasteiger partial charge >= 0.3 is 0 Å². The van der Waals surface area contributed by atoms with E-state index in [1.807, 2.05) is 0 Å². The molecule has 0 saturated carbocycles. The van der Waals surface area contributed by atoms with Gasteiger partial charge in [0.05, 0.1) is 95.3 Å². The highest BCUT2D eigenvalue weighted by molar-refractivity contribution is 7.00. The van der Waals surface area contributed by atoms with Crippen LogP contribution in [0.15, 0.2) is 322 Å². The number of para-hydroxylation sites is 13. The van der Waals surface area contributed by atoms with Crippen molar-refractivity contribution in [3.05, 3.63) is 322 Å². The predicted octanol–water partition coefficient (Wildman–Crippen LogP) is 19.8. The normalized spacial score (nSPS) is 12.8. The summed E-state index contributed by atoms with van der Waals surface area (Å²) in [7, 11) is 0. The second-order valence-electron chi connectivity index (χ2n) is 24.2. The summed E-state index contributed by atoms with van der Waals surface area (Å²) in [5.74, 6) is 0. The quantitative estimate of drug-likeness (QED) is 0.149. The Morgan fingerprint density at radius 2 is 0.429 bits per heavy atom. The zero-order chi connectivity index (χ0) is 59.4. The van der Waals surface area contributed by atoms with Crippen LogP contribution in [0.4, 0.5) is 34.1 Å². The Balaban J connectivity index is 1.16. The van der Waals surface area contributed by atoms with Crippen LogP contribution >= 0.6 is 0 Å². The fraction of sp³-hybridized carbons (Fsp3) is 0. The van der Waals surface area contributed by atoms with Crippen LogP contribution in [-0.2, 0) is 0 Å². The molecule has 2 aliphatic heterocycles. The van der Waals surface area contributed by atoms with E-state index in [1.54, 1.807) is 0 Å². The van der Waals surface area contributed by atoms with Gasteiger partial charge in [-0.25, -0.2) is 0 Å². The van der Waals surface area contributed by atoms with Crippen molar-refractivity contribution in [1.82, 2.24) is 18.3 Å². The lowest BCUT2D eigenvalue weighted by Crippen LogP contribution is -2.52. The summed E-state index contributed by atoms with van der Waals surface area (Å²) in [5.41, 5.74) is 25.6. The molecule has 18 aromatic rings. The average Bonchev–Trinajstić information content (AvgIpc) is 1.61. The van der Waals surface area contributed by atoms with Crippen LogP contribution < -0.4 is 26.2 Å². The van der Waals surface area contributed by atoms with Crippen LogP contribution in [0.3, 0.4) is 0 Å². The monoisotopic (exact) mass is 1160 g/mol. The third-order valence-electron chi connectivity index (χ3n) is 19.7. The topological polar surface area (TPSA) is 26.2 Å². The lowest BCUT2D eigenvalue weighted by molar-refractivity contribution is 1.03. The molecule has 20 rings (SSSR count). The van der Waals surface area contributed by atoms with Crippen LogP contribution in [0.1, 0.15) is 0 Å². The van der Waals surface area contributed by atoms with Gasteiger partial charge in [0.25, 0.3) is 0 Å². The molecule has 0 N–H and O–H groups in total. The molecule has 422 valence electrons. The molecule has 91 heavy (non-hydrogen) atoms. The summed E-state index contributed by atoms with van der Waals surface area (Å²) >= 11 is 0. The van der Waals surface area contributed by atoms with Gasteiger partial charge in [-0.1, -0.05) is 248 Å². The van der Waals surface area contributed by atoms with Crippen molar-refractivity contribution >= 4 is 144 Å². The fourth-order valence-corrected chi connectivity index (χ4v) is 16.2. The molecule has 0 spiro atoms. The van der Waals surface area contributed by atoms with Gasteiger partial charge in [-0.15, -0.1) is 0 Å². The summed E-state index contributed by atoms with van der Waals surface area (Å²) in [4.78, 5) is 5.13. The minimum Gasteiger partial charge on any atom is -0.307 e. The molecule has 4 aromatic heterocycles. The first-order valence-corrected chi connectivity index (χ1v) is 31.5. The number of anilines is 6. The zero-order valence-corrected chi connectivity index (χ0v) is 49.4. The molecule has 0 bridgehead atoms. The maximum atomic E-state index is 2.68. The Morgan fingerprint density at radius 3 is 0.747 bits per heavy atom. The molecule has 0 saturated heterocycles. The maximum Gasteiger partial charge on any atom is 0.248 e. The van der Waals surface area contributed by atoms with E-state index in [0.717, 1.165) is 101 Å². The van der Waals surface area contributed by atoms with Crippen molar-refractivity contribution in [2.75, 3.05) is 9.80 Å². The van der Waals surface area contributed by atoms with Crippen molar-refractivity contribution in [2.45, 2.75) is 0 Å². The molecule has 6 heterocycles. The second-order valence-corrected chi connectivity index (χ2v) is 24.2. The van der Waals surface area contributed by atoms with Crippen molar-refractivity contribution in [2.24, 2.45) is 0 Å². The van der Waals surface area contributed by atoms with Gasteiger partial charge in [0.2, 0.25) is 6.71 Å². The lowest BCUT2D eigenvalue weighted by Gasteiger charge is -2.43. The number of rotatable bonds is 7. The maximum absolute atomic E-state index is 2.68. The highest BCUT2D eigenvalue weighted by Crippen LogP contribution is 2.59. The third kappa shape index (κ3) is 6.86. The van der Waals surface area contributed by atoms with Crippen LogP contribution in [-0.4, -0.2) is 25.0 Å². The van der Waals surface area contributed by atoms with Crippen molar-refractivity contribution in [1.29, 1.82) is 0 Å². The number of benzene rings is 14. The van der Waals surface area contributed by atoms with Gasteiger partial charge in [0.15, 0.2) is 0 Å². The Labute approximate surface area is 524 Å². The van der Waals surface area contributed by atoms with Crippen molar-refractivity contribution in [3.8, 4) is 33.9 Å². The molecule has 0 aliphatic carbocycles. The molecule has 0 amide bonds. The Hall–Kier alpha value is -12.1. The number of fused-ring (bicyclic) bond motifs is 17. The molecule has 14 aromatic carbocycles. The minimum absolute atomic E-state index is 0.320. The van der Waals surface area contributed by atoms with E-state index < -0.39 is 0 Å². The molecule has 0 radical (unpaired) electrons. The Bertz CT molecular complexity index is 5520. The van der Waals surface area contributed by atoms with Gasteiger partial charge in [-0.05, 0) is 102 Å². The molecule has 0 unspecified atom stereocenters. The summed E-state index contributed by atoms with van der Waals surface area (Å²) in [6, 6.07) is 120. The number of aromatic nitrogens is 4. The number of nitrogens with zero attached hydrogens (tertiary/aromatic N) is 6.